The van der Waals surface area contributed by atoms with E-state index in [1.165, 1.54) is 0 Å². The van der Waals surface area contributed by atoms with Crippen LogP contribution >= 0.6 is 0 Å². The lowest BCUT2D eigenvalue weighted by atomic mass is 10.0. The van der Waals surface area contributed by atoms with Crippen LogP contribution in [0.15, 0.2) is 24.3 Å². The molecule has 2 rings (SSSR count). The van der Waals surface area contributed by atoms with Crippen LogP contribution in [0, 0.1) is 5.92 Å². The molecule has 0 aliphatic carbocycles. The van der Waals surface area contributed by atoms with Crippen LogP contribution in [-0.4, -0.2) is 38.9 Å². The first-order valence-electron chi connectivity index (χ1n) is 6.78. The third kappa shape index (κ3) is 3.80. The van der Waals surface area contributed by atoms with Gasteiger partial charge in [0.05, 0.1) is 11.5 Å². The van der Waals surface area contributed by atoms with Crippen LogP contribution in [0.2, 0.25) is 0 Å². The van der Waals surface area contributed by atoms with Gasteiger partial charge >= 0.3 is 0 Å². The Morgan fingerprint density at radius 1 is 1.35 bits per heavy atom. The summed E-state index contributed by atoms with van der Waals surface area (Å²) in [7, 11) is -2.89. The maximum atomic E-state index is 12.2. The van der Waals surface area contributed by atoms with Crippen LogP contribution in [0.5, 0.6) is 0 Å². The van der Waals surface area contributed by atoms with Crippen LogP contribution in [0.25, 0.3) is 0 Å². The first-order chi connectivity index (χ1) is 9.52. The van der Waals surface area contributed by atoms with Gasteiger partial charge in [-0.1, -0.05) is 18.2 Å². The van der Waals surface area contributed by atoms with Gasteiger partial charge in [0.2, 0.25) is 0 Å². The van der Waals surface area contributed by atoms with Gasteiger partial charge < -0.3 is 11.1 Å². The molecule has 20 heavy (non-hydrogen) atoms. The largest absolute Gasteiger partial charge is 0.352 e. The number of carbonyl (C=O) groups is 1. The van der Waals surface area contributed by atoms with Crippen molar-refractivity contribution in [3.63, 3.8) is 0 Å². The highest BCUT2D eigenvalue weighted by molar-refractivity contribution is 7.91. The second-order valence-electron chi connectivity index (χ2n) is 5.17. The number of sulfone groups is 1. The average molecular weight is 296 g/mol. The van der Waals surface area contributed by atoms with Gasteiger partial charge in [-0.3, -0.25) is 4.79 Å². The minimum atomic E-state index is -2.89. The molecule has 1 amide bonds. The van der Waals surface area contributed by atoms with Crippen molar-refractivity contribution in [2.45, 2.75) is 12.8 Å². The zero-order valence-corrected chi connectivity index (χ0v) is 12.2. The van der Waals surface area contributed by atoms with E-state index in [0.29, 0.717) is 31.5 Å². The van der Waals surface area contributed by atoms with Gasteiger partial charge in [0.15, 0.2) is 9.84 Å². The van der Waals surface area contributed by atoms with Crippen molar-refractivity contribution in [1.29, 1.82) is 0 Å². The molecule has 0 aromatic heterocycles. The van der Waals surface area contributed by atoms with Crippen LogP contribution in [0.4, 0.5) is 0 Å². The summed E-state index contributed by atoms with van der Waals surface area (Å²) in [5.41, 5.74) is 7.08. The Bertz CT molecular complexity index is 584. The summed E-state index contributed by atoms with van der Waals surface area (Å²) in [6.45, 7) is 0.903. The Hall–Kier alpha value is -1.40. The number of rotatable bonds is 5. The summed E-state index contributed by atoms with van der Waals surface area (Å²) in [6.07, 6.45) is 1.29. The van der Waals surface area contributed by atoms with Crippen molar-refractivity contribution in [1.82, 2.24) is 5.32 Å². The fourth-order valence-corrected chi connectivity index (χ4v) is 4.34. The number of carbonyl (C=O) groups excluding carboxylic acids is 1. The smallest absolute Gasteiger partial charge is 0.251 e. The van der Waals surface area contributed by atoms with Gasteiger partial charge in [-0.05, 0) is 36.9 Å². The molecule has 0 bridgehead atoms. The molecule has 1 aliphatic rings. The summed E-state index contributed by atoms with van der Waals surface area (Å²) < 4.78 is 22.7. The summed E-state index contributed by atoms with van der Waals surface area (Å²) in [6, 6.07) is 7.35. The Morgan fingerprint density at radius 3 is 2.75 bits per heavy atom. The second-order valence-corrected chi connectivity index (χ2v) is 7.40. The van der Waals surface area contributed by atoms with Crippen molar-refractivity contribution in [3.05, 3.63) is 35.4 Å². The Morgan fingerprint density at radius 2 is 2.10 bits per heavy atom. The molecule has 0 saturated carbocycles. The first-order valence-corrected chi connectivity index (χ1v) is 8.60. The van der Waals surface area contributed by atoms with Gasteiger partial charge in [0.1, 0.15) is 0 Å². The van der Waals surface area contributed by atoms with E-state index in [-0.39, 0.29) is 23.3 Å². The fourth-order valence-electron chi connectivity index (χ4n) is 2.48. The van der Waals surface area contributed by atoms with E-state index >= 15 is 0 Å². The van der Waals surface area contributed by atoms with Gasteiger partial charge in [-0.2, -0.15) is 0 Å². The number of hydrogen-bond acceptors (Lipinski definition) is 4. The molecule has 1 aromatic rings. The summed E-state index contributed by atoms with van der Waals surface area (Å²) >= 11 is 0. The number of nitrogens with two attached hydrogens (primary N) is 1. The Kier molecular flexibility index (Phi) is 4.77. The molecular weight excluding hydrogens is 276 g/mol. The number of benzene rings is 1. The standard InChI is InChI=1S/C14H20N2O3S/c15-7-5-12-3-1-2-4-13(12)14(17)16-9-11-6-8-20(18,19)10-11/h1-4,11H,5-10,15H2,(H,16,17). The van der Waals surface area contributed by atoms with Crippen molar-refractivity contribution >= 4 is 15.7 Å². The molecule has 1 atom stereocenters. The average Bonchev–Trinajstić information content (AvgIpc) is 2.77. The molecule has 1 heterocycles. The Labute approximate surface area is 119 Å². The zero-order valence-electron chi connectivity index (χ0n) is 11.3. The molecule has 1 unspecified atom stereocenters. The van der Waals surface area contributed by atoms with Crippen LogP contribution < -0.4 is 11.1 Å². The maximum Gasteiger partial charge on any atom is 0.251 e. The van der Waals surface area contributed by atoms with Crippen LogP contribution in [-0.2, 0) is 16.3 Å². The molecule has 1 saturated heterocycles. The monoisotopic (exact) mass is 296 g/mol. The van der Waals surface area contributed by atoms with Crippen LogP contribution in [0.3, 0.4) is 0 Å². The van der Waals surface area contributed by atoms with Gasteiger partial charge in [-0.15, -0.1) is 0 Å². The molecule has 5 nitrogen and oxygen atoms in total. The van der Waals surface area contributed by atoms with E-state index in [0.717, 1.165) is 5.56 Å². The lowest BCUT2D eigenvalue weighted by Crippen LogP contribution is -2.30. The fraction of sp³-hybridized carbons (Fsp3) is 0.500. The van der Waals surface area contributed by atoms with E-state index in [1.54, 1.807) is 6.07 Å². The topological polar surface area (TPSA) is 89.3 Å². The van der Waals surface area contributed by atoms with E-state index in [9.17, 15) is 13.2 Å². The van der Waals surface area contributed by atoms with Gasteiger partial charge in [0, 0.05) is 12.1 Å². The van der Waals surface area contributed by atoms with Gasteiger partial charge in [0.25, 0.3) is 5.91 Å². The summed E-state index contributed by atoms with van der Waals surface area (Å²) in [5.74, 6) is 0.290. The molecule has 0 radical (unpaired) electrons. The normalized spacial score (nSPS) is 20.8. The molecule has 3 N–H and O–H groups in total. The van der Waals surface area contributed by atoms with Crippen molar-refractivity contribution < 1.29 is 13.2 Å². The predicted octanol–water partition coefficient (Wildman–Crippen LogP) is 0.352. The van der Waals surface area contributed by atoms with Crippen molar-refractivity contribution in [2.75, 3.05) is 24.6 Å². The highest BCUT2D eigenvalue weighted by Crippen LogP contribution is 2.17. The minimum absolute atomic E-state index is 0.0330. The first kappa shape index (κ1) is 15.0. The molecule has 1 aromatic carbocycles. The zero-order chi connectivity index (χ0) is 14.6. The lowest BCUT2D eigenvalue weighted by molar-refractivity contribution is 0.0947. The van der Waals surface area contributed by atoms with E-state index < -0.39 is 9.84 Å². The lowest BCUT2D eigenvalue weighted by Gasteiger charge is -2.12. The molecule has 110 valence electrons. The Balaban J connectivity index is 1.95. The third-order valence-corrected chi connectivity index (χ3v) is 5.39. The predicted molar refractivity (Wildman–Crippen MR) is 78.3 cm³/mol. The number of hydrogen-bond donors (Lipinski definition) is 2. The molecule has 1 fully saturated rings. The van der Waals surface area contributed by atoms with Crippen molar-refractivity contribution in [3.8, 4) is 0 Å². The van der Waals surface area contributed by atoms with E-state index in [4.69, 9.17) is 5.73 Å². The van der Waals surface area contributed by atoms with Crippen LogP contribution in [0.1, 0.15) is 22.3 Å². The highest BCUT2D eigenvalue weighted by atomic mass is 32.2. The second kappa shape index (κ2) is 6.37. The third-order valence-electron chi connectivity index (χ3n) is 3.55. The minimum Gasteiger partial charge on any atom is -0.352 e. The molecule has 0 spiro atoms. The number of nitrogens with one attached hydrogen (secondary N) is 1. The highest BCUT2D eigenvalue weighted by Gasteiger charge is 2.28. The maximum absolute atomic E-state index is 12.2. The van der Waals surface area contributed by atoms with E-state index in [2.05, 4.69) is 5.32 Å². The quantitative estimate of drug-likeness (QED) is 0.820. The number of amides is 1. The van der Waals surface area contributed by atoms with Crippen molar-refractivity contribution in [2.24, 2.45) is 11.7 Å². The summed E-state index contributed by atoms with van der Waals surface area (Å²) in [5, 5.41) is 2.83. The molecular formula is C14H20N2O3S. The van der Waals surface area contributed by atoms with Gasteiger partial charge in [-0.25, -0.2) is 8.42 Å². The summed E-state index contributed by atoms with van der Waals surface area (Å²) in [4.78, 5) is 12.2. The van der Waals surface area contributed by atoms with E-state index in [1.807, 2.05) is 18.2 Å². The molecule has 1 aliphatic heterocycles. The SMILES string of the molecule is NCCc1ccccc1C(=O)NCC1CCS(=O)(=O)C1. The molecule has 6 heteroatoms.